The fourth-order valence-corrected chi connectivity index (χ4v) is 3.36. The van der Waals surface area contributed by atoms with Crippen molar-refractivity contribution in [3.8, 4) is 5.75 Å². The molecule has 0 radical (unpaired) electrons. The number of rotatable bonds is 8. The van der Waals surface area contributed by atoms with Crippen LogP contribution >= 0.6 is 23.4 Å². The van der Waals surface area contributed by atoms with Crippen molar-refractivity contribution in [3.63, 3.8) is 0 Å². The van der Waals surface area contributed by atoms with Gasteiger partial charge in [0.2, 0.25) is 0 Å². The van der Waals surface area contributed by atoms with Crippen LogP contribution in [0.15, 0.2) is 23.2 Å². The van der Waals surface area contributed by atoms with Crippen LogP contribution in [0.4, 0.5) is 0 Å². The van der Waals surface area contributed by atoms with E-state index in [1.165, 1.54) is 11.8 Å². The van der Waals surface area contributed by atoms with E-state index in [1.54, 1.807) is 18.2 Å². The minimum Gasteiger partial charge on any atom is -0.492 e. The molecule has 0 atom stereocenters. The summed E-state index contributed by atoms with van der Waals surface area (Å²) < 4.78 is 5.65. The minimum absolute atomic E-state index is 0.0532. The van der Waals surface area contributed by atoms with Gasteiger partial charge in [0, 0.05) is 19.2 Å². The Morgan fingerprint density at radius 2 is 2.26 bits per heavy atom. The smallest absolute Gasteiger partial charge is 0.173 e. The molecule has 4 nitrogen and oxygen atoms in total. The molecule has 6 heteroatoms. The second-order valence-electron chi connectivity index (χ2n) is 5.50. The molecule has 1 heterocycles. The molecule has 0 spiro atoms. The van der Waals surface area contributed by atoms with E-state index in [9.17, 15) is 4.79 Å². The number of ketones is 1. The first-order valence-electron chi connectivity index (χ1n) is 7.95. The first-order valence-corrected chi connectivity index (χ1v) is 9.32. The third-order valence-electron chi connectivity index (χ3n) is 3.60. The zero-order valence-electron chi connectivity index (χ0n) is 13.7. The summed E-state index contributed by atoms with van der Waals surface area (Å²) in [6.07, 6.45) is 3.31. The number of carbonyl (C=O) groups excluding carboxylic acids is 1. The summed E-state index contributed by atoms with van der Waals surface area (Å²) >= 11 is 7.70. The average Bonchev–Trinajstić information content (AvgIpc) is 2.95. The zero-order valence-corrected chi connectivity index (χ0v) is 15.3. The number of likely N-dealkylation sites (N-methyl/N-ethyl adjacent to an activating group) is 1. The van der Waals surface area contributed by atoms with Crippen LogP contribution in [0.3, 0.4) is 0 Å². The van der Waals surface area contributed by atoms with Crippen LogP contribution in [0.5, 0.6) is 5.75 Å². The molecule has 0 aliphatic carbocycles. The van der Waals surface area contributed by atoms with E-state index in [0.29, 0.717) is 28.7 Å². The van der Waals surface area contributed by atoms with Crippen LogP contribution < -0.4 is 4.74 Å². The van der Waals surface area contributed by atoms with Crippen LogP contribution in [0, 0.1) is 0 Å². The fourth-order valence-electron chi connectivity index (χ4n) is 2.21. The van der Waals surface area contributed by atoms with Gasteiger partial charge >= 0.3 is 0 Å². The van der Waals surface area contributed by atoms with E-state index in [4.69, 9.17) is 16.3 Å². The molecule has 0 saturated carbocycles. The van der Waals surface area contributed by atoms with Crippen LogP contribution in [0.2, 0.25) is 5.02 Å². The highest BCUT2D eigenvalue weighted by molar-refractivity contribution is 8.14. The van der Waals surface area contributed by atoms with Gasteiger partial charge < -0.3 is 9.64 Å². The van der Waals surface area contributed by atoms with Gasteiger partial charge in [-0.3, -0.25) is 9.79 Å². The predicted molar refractivity (Wildman–Crippen MR) is 98.2 cm³/mol. The van der Waals surface area contributed by atoms with Gasteiger partial charge in [-0.2, -0.15) is 0 Å². The lowest BCUT2D eigenvalue weighted by Gasteiger charge is -2.12. The maximum absolute atomic E-state index is 12.3. The molecule has 0 bridgehead atoms. The van der Waals surface area contributed by atoms with Gasteiger partial charge in [-0.1, -0.05) is 43.1 Å². The van der Waals surface area contributed by atoms with Crippen LogP contribution in [0.1, 0.15) is 36.5 Å². The van der Waals surface area contributed by atoms with Gasteiger partial charge in [0.15, 0.2) is 11.0 Å². The highest BCUT2D eigenvalue weighted by Gasteiger charge is 2.16. The number of halogens is 1. The second-order valence-corrected chi connectivity index (χ2v) is 6.85. The highest BCUT2D eigenvalue weighted by atomic mass is 35.5. The van der Waals surface area contributed by atoms with Crippen LogP contribution in [-0.2, 0) is 0 Å². The van der Waals surface area contributed by atoms with Gasteiger partial charge in [-0.15, -0.1) is 0 Å². The third kappa shape index (κ3) is 5.43. The van der Waals surface area contributed by atoms with Gasteiger partial charge in [0.1, 0.15) is 5.75 Å². The minimum atomic E-state index is 0.0532. The van der Waals surface area contributed by atoms with E-state index in [0.717, 1.165) is 37.5 Å². The molecule has 0 amide bonds. The molecule has 1 aromatic rings. The summed E-state index contributed by atoms with van der Waals surface area (Å²) in [7, 11) is 1.99. The predicted octanol–water partition coefficient (Wildman–Crippen LogP) is 4.13. The largest absolute Gasteiger partial charge is 0.492 e. The van der Waals surface area contributed by atoms with Crippen molar-refractivity contribution in [1.29, 1.82) is 0 Å². The maximum atomic E-state index is 12.3. The molecular weight excluding hydrogens is 332 g/mol. The number of unbranched alkanes of at least 4 members (excludes halogenated alkanes) is 2. The maximum Gasteiger partial charge on any atom is 0.173 e. The molecular formula is C17H23ClN2O2S. The number of hydrogen-bond donors (Lipinski definition) is 0. The summed E-state index contributed by atoms with van der Waals surface area (Å²) in [5.74, 6) is 1.07. The van der Waals surface area contributed by atoms with Gasteiger partial charge in [-0.05, 0) is 24.6 Å². The van der Waals surface area contributed by atoms with Crippen molar-refractivity contribution in [2.24, 2.45) is 4.99 Å². The Labute approximate surface area is 147 Å². The van der Waals surface area contributed by atoms with Crippen molar-refractivity contribution in [2.75, 3.05) is 32.5 Å². The van der Waals surface area contributed by atoms with E-state index >= 15 is 0 Å². The standard InChI is InChI=1S/C17H23ClN2O2S/c1-3-4-5-10-22-16-7-6-13(11-14(16)18)15(21)12-23-17-19-8-9-20(17)2/h6-7,11H,3-5,8-10,12H2,1-2H3. The summed E-state index contributed by atoms with van der Waals surface area (Å²) in [5, 5.41) is 1.42. The Bertz CT molecular complexity index is 578. The number of ether oxygens (including phenoxy) is 1. The highest BCUT2D eigenvalue weighted by Crippen LogP contribution is 2.26. The average molecular weight is 355 g/mol. The topological polar surface area (TPSA) is 41.9 Å². The molecule has 23 heavy (non-hydrogen) atoms. The van der Waals surface area contributed by atoms with Crippen molar-refractivity contribution < 1.29 is 9.53 Å². The van der Waals surface area contributed by atoms with Gasteiger partial charge in [0.05, 0.1) is 23.9 Å². The number of hydrogen-bond acceptors (Lipinski definition) is 5. The third-order valence-corrected chi connectivity index (χ3v) is 5.00. The second kappa shape index (κ2) is 9.18. The lowest BCUT2D eigenvalue weighted by atomic mass is 10.1. The monoisotopic (exact) mass is 354 g/mol. The fraction of sp³-hybridized carbons (Fsp3) is 0.529. The quantitative estimate of drug-likeness (QED) is 0.520. The number of benzene rings is 1. The van der Waals surface area contributed by atoms with E-state index in [-0.39, 0.29) is 5.78 Å². The van der Waals surface area contributed by atoms with E-state index in [1.807, 2.05) is 7.05 Å². The summed E-state index contributed by atoms with van der Waals surface area (Å²) in [4.78, 5) is 18.7. The van der Waals surface area contributed by atoms with Gasteiger partial charge in [-0.25, -0.2) is 0 Å². The van der Waals surface area contributed by atoms with Crippen molar-refractivity contribution in [2.45, 2.75) is 26.2 Å². The Morgan fingerprint density at radius 1 is 1.43 bits per heavy atom. The summed E-state index contributed by atoms with van der Waals surface area (Å²) in [6, 6.07) is 5.26. The Morgan fingerprint density at radius 3 is 2.91 bits per heavy atom. The normalized spacial score (nSPS) is 14.0. The van der Waals surface area contributed by atoms with E-state index in [2.05, 4.69) is 16.8 Å². The number of thioether (sulfide) groups is 1. The van der Waals surface area contributed by atoms with Gasteiger partial charge in [0.25, 0.3) is 0 Å². The van der Waals surface area contributed by atoms with Crippen LogP contribution in [0.25, 0.3) is 0 Å². The molecule has 0 N–H and O–H groups in total. The molecule has 2 rings (SSSR count). The lowest BCUT2D eigenvalue weighted by molar-refractivity contribution is 0.102. The molecule has 126 valence electrons. The Balaban J connectivity index is 1.87. The zero-order chi connectivity index (χ0) is 16.7. The molecule has 1 aliphatic heterocycles. The van der Waals surface area contributed by atoms with Crippen molar-refractivity contribution in [1.82, 2.24) is 4.90 Å². The Hall–Kier alpha value is -1.20. The molecule has 1 aliphatic rings. The van der Waals surface area contributed by atoms with Crippen molar-refractivity contribution in [3.05, 3.63) is 28.8 Å². The molecule has 0 saturated heterocycles. The molecule has 0 aromatic heterocycles. The van der Waals surface area contributed by atoms with E-state index < -0.39 is 0 Å². The number of aliphatic imine (C=N–C) groups is 1. The number of amidine groups is 1. The summed E-state index contributed by atoms with van der Waals surface area (Å²) in [5.41, 5.74) is 0.615. The van der Waals surface area contributed by atoms with Crippen LogP contribution in [-0.4, -0.2) is 48.3 Å². The summed E-state index contributed by atoms with van der Waals surface area (Å²) in [6.45, 7) is 4.54. The number of nitrogens with zero attached hydrogens (tertiary/aromatic N) is 2. The SMILES string of the molecule is CCCCCOc1ccc(C(=O)CSC2=NCCN2C)cc1Cl. The first kappa shape index (κ1) is 18.1. The Kier molecular flexibility index (Phi) is 7.24. The number of Topliss-reactive ketones (excluding diaryl/α,β-unsaturated/α-hetero) is 1. The molecule has 0 fully saturated rings. The molecule has 1 aromatic carbocycles. The first-order chi connectivity index (χ1) is 11.1. The lowest BCUT2D eigenvalue weighted by Crippen LogP contribution is -2.21. The van der Waals surface area contributed by atoms with Crippen molar-refractivity contribution >= 4 is 34.3 Å². The molecule has 0 unspecified atom stereocenters. The number of carbonyl (C=O) groups is 1.